The first-order valence-corrected chi connectivity index (χ1v) is 4.75. The smallest absolute Gasteiger partial charge is 0.317 e. The van der Waals surface area contributed by atoms with Gasteiger partial charge in [0, 0.05) is 13.6 Å². The molecular formula is C11H14N2O. The average Bonchev–Trinajstić information content (AvgIpc) is 2.48. The van der Waals surface area contributed by atoms with Crippen LogP contribution in [0, 0.1) is 6.92 Å². The molecule has 3 heteroatoms. The summed E-state index contributed by atoms with van der Waals surface area (Å²) in [6.07, 6.45) is 0. The van der Waals surface area contributed by atoms with Crippen LogP contribution in [0.3, 0.4) is 0 Å². The monoisotopic (exact) mass is 190 g/mol. The van der Waals surface area contributed by atoms with Crippen LogP contribution in [-0.2, 0) is 0 Å². The number of hydrogen-bond acceptors (Lipinski definition) is 1. The highest BCUT2D eigenvalue weighted by molar-refractivity contribution is 5.77. The van der Waals surface area contributed by atoms with Gasteiger partial charge in [-0.3, -0.25) is 0 Å². The second-order valence-corrected chi connectivity index (χ2v) is 3.74. The lowest BCUT2D eigenvalue weighted by atomic mass is 10.0. The van der Waals surface area contributed by atoms with Crippen LogP contribution >= 0.6 is 0 Å². The van der Waals surface area contributed by atoms with Crippen molar-refractivity contribution in [3.63, 3.8) is 0 Å². The molecule has 1 aromatic rings. The van der Waals surface area contributed by atoms with Crippen molar-refractivity contribution < 1.29 is 4.79 Å². The molecule has 1 saturated heterocycles. The summed E-state index contributed by atoms with van der Waals surface area (Å²) in [7, 11) is 1.81. The first-order chi connectivity index (χ1) is 6.68. The van der Waals surface area contributed by atoms with Crippen molar-refractivity contribution in [1.29, 1.82) is 0 Å². The van der Waals surface area contributed by atoms with Crippen LogP contribution in [-0.4, -0.2) is 24.5 Å². The van der Waals surface area contributed by atoms with Gasteiger partial charge in [-0.25, -0.2) is 4.79 Å². The van der Waals surface area contributed by atoms with Gasteiger partial charge in [-0.1, -0.05) is 24.3 Å². The van der Waals surface area contributed by atoms with Crippen molar-refractivity contribution in [2.45, 2.75) is 13.0 Å². The van der Waals surface area contributed by atoms with Crippen molar-refractivity contribution in [3.8, 4) is 0 Å². The lowest BCUT2D eigenvalue weighted by Gasteiger charge is -2.12. The number of rotatable bonds is 1. The molecule has 2 amide bonds. The highest BCUT2D eigenvalue weighted by atomic mass is 16.2. The molecule has 0 bridgehead atoms. The standard InChI is InChI=1S/C11H14N2O/c1-8-5-3-4-6-9(8)10-7-13(2)11(14)12-10/h3-6,10H,7H2,1-2H3,(H,12,14). The van der Waals surface area contributed by atoms with E-state index in [0.717, 1.165) is 6.54 Å². The Hall–Kier alpha value is -1.51. The lowest BCUT2D eigenvalue weighted by Crippen LogP contribution is -2.24. The number of nitrogens with one attached hydrogen (secondary N) is 1. The van der Waals surface area contributed by atoms with Gasteiger partial charge in [0.1, 0.15) is 0 Å². The van der Waals surface area contributed by atoms with Gasteiger partial charge in [-0.15, -0.1) is 0 Å². The number of benzene rings is 1. The summed E-state index contributed by atoms with van der Waals surface area (Å²) in [5.74, 6) is 0. The lowest BCUT2D eigenvalue weighted by molar-refractivity contribution is 0.226. The Bertz CT molecular complexity index is 362. The minimum atomic E-state index is 0.0123. The third-order valence-electron chi connectivity index (χ3n) is 2.66. The molecule has 1 fully saturated rings. The summed E-state index contributed by atoms with van der Waals surface area (Å²) in [5.41, 5.74) is 2.44. The van der Waals surface area contributed by atoms with Crippen molar-refractivity contribution in [2.24, 2.45) is 0 Å². The zero-order chi connectivity index (χ0) is 10.1. The van der Waals surface area contributed by atoms with Gasteiger partial charge < -0.3 is 10.2 Å². The number of likely N-dealkylation sites (N-methyl/N-ethyl adjacent to an activating group) is 1. The summed E-state index contributed by atoms with van der Waals surface area (Å²) < 4.78 is 0. The molecule has 0 saturated carbocycles. The van der Waals surface area contributed by atoms with Gasteiger partial charge in [0.2, 0.25) is 0 Å². The SMILES string of the molecule is Cc1ccccc1C1CN(C)C(=O)N1. The Kier molecular flexibility index (Phi) is 2.15. The molecule has 1 aliphatic rings. The number of carbonyl (C=O) groups excluding carboxylic acids is 1. The molecule has 0 aromatic heterocycles. The van der Waals surface area contributed by atoms with Crippen LogP contribution in [0.15, 0.2) is 24.3 Å². The molecule has 1 atom stereocenters. The molecule has 0 aliphatic carbocycles. The van der Waals surface area contributed by atoms with Gasteiger partial charge in [0.15, 0.2) is 0 Å². The summed E-state index contributed by atoms with van der Waals surface area (Å²) in [4.78, 5) is 13.0. The largest absolute Gasteiger partial charge is 0.329 e. The molecule has 0 radical (unpaired) electrons. The van der Waals surface area contributed by atoms with Gasteiger partial charge >= 0.3 is 6.03 Å². The summed E-state index contributed by atoms with van der Waals surface area (Å²) in [6, 6.07) is 8.32. The van der Waals surface area contributed by atoms with Gasteiger partial charge in [0.25, 0.3) is 0 Å². The molecule has 1 N–H and O–H groups in total. The highest BCUT2D eigenvalue weighted by Crippen LogP contribution is 2.21. The quantitative estimate of drug-likeness (QED) is 0.718. The second kappa shape index (κ2) is 3.33. The van der Waals surface area contributed by atoms with E-state index in [0.29, 0.717) is 0 Å². The predicted octanol–water partition coefficient (Wildman–Crippen LogP) is 1.69. The Balaban J connectivity index is 2.25. The van der Waals surface area contributed by atoms with Gasteiger partial charge in [-0.2, -0.15) is 0 Å². The van der Waals surface area contributed by atoms with E-state index in [4.69, 9.17) is 0 Å². The maximum absolute atomic E-state index is 11.3. The third-order valence-corrected chi connectivity index (χ3v) is 2.66. The molecule has 1 aromatic carbocycles. The van der Waals surface area contributed by atoms with Crippen molar-refractivity contribution in [2.75, 3.05) is 13.6 Å². The predicted molar refractivity (Wildman–Crippen MR) is 55.1 cm³/mol. The van der Waals surface area contributed by atoms with E-state index in [9.17, 15) is 4.79 Å². The van der Waals surface area contributed by atoms with Gasteiger partial charge in [-0.05, 0) is 18.1 Å². The molecule has 14 heavy (non-hydrogen) atoms. The fourth-order valence-corrected chi connectivity index (χ4v) is 1.82. The van der Waals surface area contributed by atoms with Crippen molar-refractivity contribution in [1.82, 2.24) is 10.2 Å². The molecule has 0 spiro atoms. The summed E-state index contributed by atoms with van der Waals surface area (Å²) in [6.45, 7) is 2.82. The zero-order valence-corrected chi connectivity index (χ0v) is 8.45. The summed E-state index contributed by atoms with van der Waals surface area (Å²) in [5, 5.41) is 2.95. The fraction of sp³-hybridized carbons (Fsp3) is 0.364. The van der Waals surface area contributed by atoms with Gasteiger partial charge in [0.05, 0.1) is 6.04 Å². The Morgan fingerprint density at radius 1 is 1.43 bits per heavy atom. The Morgan fingerprint density at radius 2 is 2.14 bits per heavy atom. The number of urea groups is 1. The second-order valence-electron chi connectivity index (χ2n) is 3.74. The summed E-state index contributed by atoms with van der Waals surface area (Å²) >= 11 is 0. The van der Waals surface area contributed by atoms with E-state index in [1.807, 2.05) is 19.2 Å². The third kappa shape index (κ3) is 1.45. The van der Waals surface area contributed by atoms with E-state index in [-0.39, 0.29) is 12.1 Å². The molecular weight excluding hydrogens is 176 g/mol. The maximum atomic E-state index is 11.3. The van der Waals surface area contributed by atoms with E-state index in [2.05, 4.69) is 24.4 Å². The molecule has 1 unspecified atom stereocenters. The molecule has 2 rings (SSSR count). The van der Waals surface area contributed by atoms with Crippen LogP contribution in [0.5, 0.6) is 0 Å². The average molecular weight is 190 g/mol. The topological polar surface area (TPSA) is 32.3 Å². The minimum Gasteiger partial charge on any atom is -0.329 e. The molecule has 74 valence electrons. The van der Waals surface area contributed by atoms with Crippen LogP contribution < -0.4 is 5.32 Å². The molecule has 3 nitrogen and oxygen atoms in total. The number of amides is 2. The van der Waals surface area contributed by atoms with E-state index in [1.165, 1.54) is 11.1 Å². The first-order valence-electron chi connectivity index (χ1n) is 4.75. The fourth-order valence-electron chi connectivity index (χ4n) is 1.82. The van der Waals surface area contributed by atoms with E-state index >= 15 is 0 Å². The van der Waals surface area contributed by atoms with E-state index < -0.39 is 0 Å². The van der Waals surface area contributed by atoms with Crippen molar-refractivity contribution in [3.05, 3.63) is 35.4 Å². The molecule has 1 heterocycles. The number of hydrogen-bond donors (Lipinski definition) is 1. The van der Waals surface area contributed by atoms with Crippen LogP contribution in [0.25, 0.3) is 0 Å². The highest BCUT2D eigenvalue weighted by Gasteiger charge is 2.27. The van der Waals surface area contributed by atoms with Crippen LogP contribution in [0.1, 0.15) is 17.2 Å². The number of carbonyl (C=O) groups is 1. The Labute approximate surface area is 83.7 Å². The zero-order valence-electron chi connectivity index (χ0n) is 8.45. The molecule has 1 aliphatic heterocycles. The first kappa shape index (κ1) is 9.06. The maximum Gasteiger partial charge on any atom is 0.317 e. The number of aryl methyl sites for hydroxylation is 1. The van der Waals surface area contributed by atoms with Crippen LogP contribution in [0.2, 0.25) is 0 Å². The van der Waals surface area contributed by atoms with E-state index in [1.54, 1.807) is 4.90 Å². The normalized spacial score (nSPS) is 21.1. The van der Waals surface area contributed by atoms with Crippen molar-refractivity contribution >= 4 is 6.03 Å². The minimum absolute atomic E-state index is 0.0123. The Morgan fingerprint density at radius 3 is 2.71 bits per heavy atom. The van der Waals surface area contributed by atoms with Crippen LogP contribution in [0.4, 0.5) is 4.79 Å². The number of nitrogens with zero attached hydrogens (tertiary/aromatic N) is 1.